The predicted octanol–water partition coefficient (Wildman–Crippen LogP) is 1.23. The number of aromatic nitrogens is 2. The van der Waals surface area contributed by atoms with E-state index in [2.05, 4.69) is 22.4 Å². The Morgan fingerprint density at radius 1 is 1.54 bits per heavy atom. The summed E-state index contributed by atoms with van der Waals surface area (Å²) in [6.45, 7) is 3.30. The van der Waals surface area contributed by atoms with Crippen LogP contribution in [-0.4, -0.2) is 16.7 Å². The first kappa shape index (κ1) is 7.50. The summed E-state index contributed by atoms with van der Waals surface area (Å²) in [5, 5.41) is 7.25. The van der Waals surface area contributed by atoms with Gasteiger partial charge in [0.2, 0.25) is 5.89 Å². The minimum Gasteiger partial charge on any atom is -0.338 e. The van der Waals surface area contributed by atoms with Gasteiger partial charge in [0.1, 0.15) is 0 Å². The van der Waals surface area contributed by atoms with E-state index in [1.807, 2.05) is 0 Å². The van der Waals surface area contributed by atoms with E-state index in [1.54, 1.807) is 0 Å². The maximum atomic E-state index is 5.19. The summed E-state index contributed by atoms with van der Waals surface area (Å²) in [7, 11) is 0. The third-order valence-corrected chi connectivity index (χ3v) is 3.02. The molecule has 0 radical (unpaired) electrons. The normalized spacial score (nSPS) is 37.2. The molecule has 1 N–H and O–H groups in total. The Balaban J connectivity index is 1.77. The molecule has 3 rings (SSSR count). The van der Waals surface area contributed by atoms with Crippen molar-refractivity contribution in [2.24, 2.45) is 5.92 Å². The molecule has 1 aromatic rings. The SMILES string of the molecule is CC1CC1c1noc(C2CCN2)n1. The van der Waals surface area contributed by atoms with Gasteiger partial charge in [0.25, 0.3) is 0 Å². The molecule has 0 aromatic carbocycles. The van der Waals surface area contributed by atoms with Crippen molar-refractivity contribution in [3.8, 4) is 0 Å². The van der Waals surface area contributed by atoms with Crippen LogP contribution in [0.25, 0.3) is 0 Å². The van der Waals surface area contributed by atoms with Crippen LogP contribution in [0.15, 0.2) is 4.52 Å². The first-order valence-corrected chi connectivity index (χ1v) is 4.91. The molecule has 70 valence electrons. The second-order valence-corrected chi connectivity index (χ2v) is 4.11. The second-order valence-electron chi connectivity index (χ2n) is 4.11. The van der Waals surface area contributed by atoms with Crippen molar-refractivity contribution in [1.82, 2.24) is 15.5 Å². The van der Waals surface area contributed by atoms with Crippen LogP contribution in [0, 0.1) is 5.92 Å². The lowest BCUT2D eigenvalue weighted by atomic mass is 10.1. The predicted molar refractivity (Wildman–Crippen MR) is 46.2 cm³/mol. The summed E-state index contributed by atoms with van der Waals surface area (Å²) in [4.78, 5) is 4.40. The smallest absolute Gasteiger partial charge is 0.243 e. The molecule has 0 bridgehead atoms. The Morgan fingerprint density at radius 3 is 2.85 bits per heavy atom. The number of rotatable bonds is 2. The molecule has 3 unspecified atom stereocenters. The van der Waals surface area contributed by atoms with E-state index >= 15 is 0 Å². The van der Waals surface area contributed by atoms with Crippen LogP contribution < -0.4 is 5.32 Å². The van der Waals surface area contributed by atoms with Crippen molar-refractivity contribution in [3.05, 3.63) is 11.7 Å². The van der Waals surface area contributed by atoms with E-state index < -0.39 is 0 Å². The summed E-state index contributed by atoms with van der Waals surface area (Å²) < 4.78 is 5.19. The summed E-state index contributed by atoms with van der Waals surface area (Å²) in [5.41, 5.74) is 0. The molecule has 2 heterocycles. The number of hydrogen-bond acceptors (Lipinski definition) is 4. The molecule has 1 aliphatic heterocycles. The van der Waals surface area contributed by atoms with Gasteiger partial charge in [-0.3, -0.25) is 0 Å². The summed E-state index contributed by atoms with van der Waals surface area (Å²) in [5.74, 6) is 3.01. The van der Waals surface area contributed by atoms with E-state index in [4.69, 9.17) is 4.52 Å². The molecule has 4 heteroatoms. The highest BCUT2D eigenvalue weighted by molar-refractivity contribution is 5.09. The lowest BCUT2D eigenvalue weighted by molar-refractivity contribution is 0.272. The van der Waals surface area contributed by atoms with Crippen LogP contribution in [-0.2, 0) is 0 Å². The van der Waals surface area contributed by atoms with E-state index in [0.29, 0.717) is 12.0 Å². The topological polar surface area (TPSA) is 51.0 Å². The minimum absolute atomic E-state index is 0.329. The van der Waals surface area contributed by atoms with Crippen molar-refractivity contribution in [3.63, 3.8) is 0 Å². The molecule has 13 heavy (non-hydrogen) atoms. The van der Waals surface area contributed by atoms with Gasteiger partial charge in [-0.25, -0.2) is 0 Å². The van der Waals surface area contributed by atoms with E-state index in [1.165, 1.54) is 6.42 Å². The fraction of sp³-hybridized carbons (Fsp3) is 0.778. The molecule has 3 atom stereocenters. The Kier molecular flexibility index (Phi) is 1.47. The lowest BCUT2D eigenvalue weighted by Gasteiger charge is -2.23. The van der Waals surface area contributed by atoms with E-state index in [9.17, 15) is 0 Å². The van der Waals surface area contributed by atoms with E-state index in [0.717, 1.165) is 30.6 Å². The number of nitrogens with one attached hydrogen (secondary N) is 1. The number of nitrogens with zero attached hydrogens (tertiary/aromatic N) is 2. The summed E-state index contributed by atoms with van der Waals surface area (Å²) in [6.07, 6.45) is 2.35. The maximum absolute atomic E-state index is 5.19. The van der Waals surface area contributed by atoms with Gasteiger partial charge in [0.05, 0.1) is 6.04 Å². The van der Waals surface area contributed by atoms with Crippen LogP contribution in [0.2, 0.25) is 0 Å². The third kappa shape index (κ3) is 1.16. The molecule has 2 aliphatic rings. The molecule has 0 spiro atoms. The molecule has 1 saturated heterocycles. The van der Waals surface area contributed by atoms with Crippen molar-refractivity contribution in [1.29, 1.82) is 0 Å². The molecule has 2 fully saturated rings. The molecule has 0 amide bonds. The van der Waals surface area contributed by atoms with Crippen LogP contribution in [0.4, 0.5) is 0 Å². The number of hydrogen-bond donors (Lipinski definition) is 1. The highest BCUT2D eigenvalue weighted by Gasteiger charge is 2.38. The quantitative estimate of drug-likeness (QED) is 0.741. The van der Waals surface area contributed by atoms with Gasteiger partial charge in [0, 0.05) is 5.92 Å². The molecule has 1 saturated carbocycles. The Hall–Kier alpha value is -0.900. The van der Waals surface area contributed by atoms with Crippen molar-refractivity contribution in [2.45, 2.75) is 31.7 Å². The van der Waals surface area contributed by atoms with Crippen LogP contribution in [0.1, 0.15) is 43.4 Å². The van der Waals surface area contributed by atoms with Crippen molar-refractivity contribution < 1.29 is 4.52 Å². The van der Waals surface area contributed by atoms with Crippen LogP contribution >= 0.6 is 0 Å². The maximum Gasteiger partial charge on any atom is 0.243 e. The fourth-order valence-corrected chi connectivity index (χ4v) is 1.72. The van der Waals surface area contributed by atoms with Gasteiger partial charge in [-0.05, 0) is 25.3 Å². The van der Waals surface area contributed by atoms with Gasteiger partial charge in [0.15, 0.2) is 5.82 Å². The highest BCUT2D eigenvalue weighted by atomic mass is 16.5. The molecule has 1 aliphatic carbocycles. The fourth-order valence-electron chi connectivity index (χ4n) is 1.72. The van der Waals surface area contributed by atoms with Gasteiger partial charge in [-0.15, -0.1) is 0 Å². The first-order valence-electron chi connectivity index (χ1n) is 4.91. The van der Waals surface area contributed by atoms with Crippen LogP contribution in [0.3, 0.4) is 0 Å². The zero-order valence-corrected chi connectivity index (χ0v) is 7.66. The molecule has 4 nitrogen and oxygen atoms in total. The van der Waals surface area contributed by atoms with Crippen molar-refractivity contribution in [2.75, 3.05) is 6.54 Å². The monoisotopic (exact) mass is 179 g/mol. The Labute approximate surface area is 76.7 Å². The third-order valence-electron chi connectivity index (χ3n) is 3.02. The van der Waals surface area contributed by atoms with E-state index in [-0.39, 0.29) is 0 Å². The summed E-state index contributed by atoms with van der Waals surface area (Å²) in [6, 6.07) is 0.329. The lowest BCUT2D eigenvalue weighted by Crippen LogP contribution is -2.35. The minimum atomic E-state index is 0.329. The highest BCUT2D eigenvalue weighted by Crippen LogP contribution is 2.45. The van der Waals surface area contributed by atoms with Gasteiger partial charge in [-0.2, -0.15) is 4.98 Å². The van der Waals surface area contributed by atoms with Gasteiger partial charge in [-0.1, -0.05) is 12.1 Å². The van der Waals surface area contributed by atoms with Gasteiger partial charge >= 0.3 is 0 Å². The Morgan fingerprint density at radius 2 is 2.31 bits per heavy atom. The molecular weight excluding hydrogens is 166 g/mol. The molecular formula is C9H13N3O. The molecule has 1 aromatic heterocycles. The average Bonchev–Trinajstić information content (AvgIpc) is 2.58. The first-order chi connectivity index (χ1) is 6.34. The average molecular weight is 179 g/mol. The Bertz CT molecular complexity index is 299. The second kappa shape index (κ2) is 2.54. The van der Waals surface area contributed by atoms with Crippen molar-refractivity contribution >= 4 is 0 Å². The van der Waals surface area contributed by atoms with Crippen LogP contribution in [0.5, 0.6) is 0 Å². The zero-order chi connectivity index (χ0) is 8.84. The largest absolute Gasteiger partial charge is 0.338 e. The standard InChI is InChI=1S/C9H13N3O/c1-5-4-6(5)8-11-9(13-12-8)7-2-3-10-7/h5-7,10H,2-4H2,1H3. The summed E-state index contributed by atoms with van der Waals surface area (Å²) >= 11 is 0. The van der Waals surface area contributed by atoms with Gasteiger partial charge < -0.3 is 9.84 Å². The zero-order valence-electron chi connectivity index (χ0n) is 7.66.